The Hall–Kier alpha value is -1.75. The lowest BCUT2D eigenvalue weighted by Gasteiger charge is -2.23. The summed E-state index contributed by atoms with van der Waals surface area (Å²) in [6.45, 7) is 1.56. The van der Waals surface area contributed by atoms with E-state index in [-0.39, 0.29) is 11.8 Å². The van der Waals surface area contributed by atoms with Crippen LogP contribution in [0.1, 0.15) is 18.5 Å². The molecule has 1 aromatic rings. The highest BCUT2D eigenvalue weighted by Crippen LogP contribution is 2.40. The van der Waals surface area contributed by atoms with Crippen LogP contribution in [0, 0.1) is 0 Å². The Morgan fingerprint density at radius 1 is 1.05 bits per heavy atom. The summed E-state index contributed by atoms with van der Waals surface area (Å²) in [5.74, 6) is 1.67. The van der Waals surface area contributed by atoms with E-state index < -0.39 is 0 Å². The molecule has 5 heteroatoms. The Labute approximate surface area is 114 Å². The third kappa shape index (κ3) is 3.17. The number of carbonyl (C=O) groups is 1. The number of ketones is 1. The molecular weight excluding hydrogens is 246 g/mol. The first-order valence-corrected chi connectivity index (χ1v) is 5.93. The Bertz CT molecular complexity index is 432. The first kappa shape index (κ1) is 15.3. The molecule has 1 aromatic carbocycles. The van der Waals surface area contributed by atoms with Gasteiger partial charge in [0.25, 0.3) is 0 Å². The predicted octanol–water partition coefficient (Wildman–Crippen LogP) is 1.90. The number of likely N-dealkylation sites (N-methyl/N-ethyl adjacent to an activating group) is 1. The van der Waals surface area contributed by atoms with Crippen LogP contribution in [0.4, 0.5) is 0 Å². The number of hydrogen-bond donors (Lipinski definition) is 0. The fraction of sp³-hybridized carbons (Fsp3) is 0.500. The van der Waals surface area contributed by atoms with Gasteiger partial charge >= 0.3 is 0 Å². The highest BCUT2D eigenvalue weighted by molar-refractivity contribution is 5.83. The Kier molecular flexibility index (Phi) is 5.18. The van der Waals surface area contributed by atoms with Gasteiger partial charge in [-0.3, -0.25) is 9.69 Å². The summed E-state index contributed by atoms with van der Waals surface area (Å²) in [5, 5.41) is 0. The summed E-state index contributed by atoms with van der Waals surface area (Å²) in [7, 11) is 8.37. The molecule has 0 bridgehead atoms. The van der Waals surface area contributed by atoms with Crippen LogP contribution in [0.25, 0.3) is 0 Å². The zero-order valence-corrected chi connectivity index (χ0v) is 12.3. The first-order valence-electron chi connectivity index (χ1n) is 5.93. The van der Waals surface area contributed by atoms with Crippen molar-refractivity contribution < 1.29 is 19.0 Å². The monoisotopic (exact) mass is 267 g/mol. The summed E-state index contributed by atoms with van der Waals surface area (Å²) >= 11 is 0. The SMILES string of the molecule is COc1cc(C(C(C)=O)N(C)C)cc(OC)c1OC. The lowest BCUT2D eigenvalue weighted by atomic mass is 10.0. The van der Waals surface area contributed by atoms with Crippen molar-refractivity contribution in [2.24, 2.45) is 0 Å². The number of methoxy groups -OCH3 is 3. The average molecular weight is 267 g/mol. The van der Waals surface area contributed by atoms with E-state index in [1.165, 1.54) is 0 Å². The number of Topliss-reactive ketones (excluding diaryl/α,β-unsaturated/α-hetero) is 1. The van der Waals surface area contributed by atoms with Crippen LogP contribution in [-0.4, -0.2) is 46.1 Å². The standard InChI is InChI=1S/C14H21NO4/c1-9(16)13(15(2)3)10-7-11(17-4)14(19-6)12(8-10)18-5/h7-8,13H,1-6H3. The number of benzene rings is 1. The van der Waals surface area contributed by atoms with Crippen molar-refractivity contribution >= 4 is 5.78 Å². The summed E-state index contributed by atoms with van der Waals surface area (Å²) in [6, 6.07) is 3.26. The van der Waals surface area contributed by atoms with E-state index in [0.29, 0.717) is 17.2 Å². The normalized spacial score (nSPS) is 12.2. The molecule has 1 unspecified atom stereocenters. The van der Waals surface area contributed by atoms with Crippen molar-refractivity contribution in [3.05, 3.63) is 17.7 Å². The summed E-state index contributed by atoms with van der Waals surface area (Å²) < 4.78 is 15.9. The molecule has 0 aliphatic rings. The number of hydrogen-bond acceptors (Lipinski definition) is 5. The van der Waals surface area contributed by atoms with Crippen LogP contribution in [0.5, 0.6) is 17.2 Å². The average Bonchev–Trinajstić information content (AvgIpc) is 2.36. The van der Waals surface area contributed by atoms with Crippen LogP contribution in [0.2, 0.25) is 0 Å². The molecule has 0 spiro atoms. The van der Waals surface area contributed by atoms with Crippen molar-refractivity contribution in [1.82, 2.24) is 4.90 Å². The molecule has 0 radical (unpaired) electrons. The van der Waals surface area contributed by atoms with Gasteiger partial charge in [-0.1, -0.05) is 0 Å². The molecule has 19 heavy (non-hydrogen) atoms. The van der Waals surface area contributed by atoms with Gasteiger partial charge in [-0.25, -0.2) is 0 Å². The zero-order chi connectivity index (χ0) is 14.6. The molecule has 1 rings (SSSR count). The minimum Gasteiger partial charge on any atom is -0.493 e. The third-order valence-corrected chi connectivity index (χ3v) is 2.90. The van der Waals surface area contributed by atoms with Gasteiger partial charge in [-0.2, -0.15) is 0 Å². The van der Waals surface area contributed by atoms with Crippen molar-refractivity contribution in [1.29, 1.82) is 0 Å². The second-order valence-corrected chi connectivity index (χ2v) is 4.44. The smallest absolute Gasteiger partial charge is 0.203 e. The van der Waals surface area contributed by atoms with Gasteiger partial charge in [0, 0.05) is 0 Å². The van der Waals surface area contributed by atoms with Crippen LogP contribution in [0.15, 0.2) is 12.1 Å². The van der Waals surface area contributed by atoms with Crippen molar-refractivity contribution in [2.75, 3.05) is 35.4 Å². The van der Waals surface area contributed by atoms with E-state index in [0.717, 1.165) is 5.56 Å². The fourth-order valence-electron chi connectivity index (χ4n) is 2.16. The van der Waals surface area contributed by atoms with Crippen molar-refractivity contribution in [3.8, 4) is 17.2 Å². The molecule has 106 valence electrons. The minimum absolute atomic E-state index is 0.0549. The molecule has 0 aromatic heterocycles. The van der Waals surface area contributed by atoms with Crippen LogP contribution < -0.4 is 14.2 Å². The van der Waals surface area contributed by atoms with Gasteiger partial charge < -0.3 is 14.2 Å². The van der Waals surface area contributed by atoms with Crippen LogP contribution in [0.3, 0.4) is 0 Å². The number of rotatable bonds is 6. The van der Waals surface area contributed by atoms with Gasteiger partial charge in [-0.05, 0) is 38.7 Å². The van der Waals surface area contributed by atoms with E-state index >= 15 is 0 Å². The molecule has 0 aliphatic carbocycles. The molecule has 5 nitrogen and oxygen atoms in total. The maximum atomic E-state index is 11.8. The van der Waals surface area contributed by atoms with E-state index in [1.54, 1.807) is 40.4 Å². The predicted molar refractivity (Wildman–Crippen MR) is 73.2 cm³/mol. The third-order valence-electron chi connectivity index (χ3n) is 2.90. The van der Waals surface area contributed by atoms with Crippen LogP contribution >= 0.6 is 0 Å². The molecule has 0 saturated heterocycles. The van der Waals surface area contributed by atoms with Gasteiger partial charge in [0.15, 0.2) is 17.3 Å². The fourth-order valence-corrected chi connectivity index (χ4v) is 2.16. The van der Waals surface area contributed by atoms with Crippen molar-refractivity contribution in [3.63, 3.8) is 0 Å². The zero-order valence-electron chi connectivity index (χ0n) is 12.3. The van der Waals surface area contributed by atoms with E-state index in [1.807, 2.05) is 19.0 Å². The molecule has 0 heterocycles. The Morgan fingerprint density at radius 2 is 1.53 bits per heavy atom. The highest BCUT2D eigenvalue weighted by Gasteiger charge is 2.23. The van der Waals surface area contributed by atoms with Gasteiger partial charge in [0.05, 0.1) is 27.4 Å². The van der Waals surface area contributed by atoms with Gasteiger partial charge in [0.1, 0.15) is 0 Å². The maximum Gasteiger partial charge on any atom is 0.203 e. The first-order chi connectivity index (χ1) is 8.96. The summed E-state index contributed by atoms with van der Waals surface area (Å²) in [4.78, 5) is 13.6. The van der Waals surface area contributed by atoms with Gasteiger partial charge in [-0.15, -0.1) is 0 Å². The Balaban J connectivity index is 3.40. The second kappa shape index (κ2) is 6.43. The number of carbonyl (C=O) groups excluding carboxylic acids is 1. The van der Waals surface area contributed by atoms with E-state index in [4.69, 9.17) is 14.2 Å². The Morgan fingerprint density at radius 3 is 1.79 bits per heavy atom. The lowest BCUT2D eigenvalue weighted by molar-refractivity contribution is -0.121. The maximum absolute atomic E-state index is 11.8. The van der Waals surface area contributed by atoms with Crippen molar-refractivity contribution in [2.45, 2.75) is 13.0 Å². The molecular formula is C14H21NO4. The number of ether oxygens (including phenoxy) is 3. The largest absolute Gasteiger partial charge is 0.493 e. The highest BCUT2D eigenvalue weighted by atomic mass is 16.5. The molecule has 0 fully saturated rings. The topological polar surface area (TPSA) is 48.0 Å². The molecule has 1 atom stereocenters. The minimum atomic E-state index is -0.339. The number of nitrogens with zero attached hydrogens (tertiary/aromatic N) is 1. The summed E-state index contributed by atoms with van der Waals surface area (Å²) in [5.41, 5.74) is 0.812. The van der Waals surface area contributed by atoms with Crippen LogP contribution in [-0.2, 0) is 4.79 Å². The quantitative estimate of drug-likeness (QED) is 0.788. The molecule has 0 aliphatic heterocycles. The second-order valence-electron chi connectivity index (χ2n) is 4.44. The molecule has 0 amide bonds. The molecule has 0 N–H and O–H groups in total. The van der Waals surface area contributed by atoms with Gasteiger partial charge in [0.2, 0.25) is 5.75 Å². The lowest BCUT2D eigenvalue weighted by Crippen LogP contribution is -2.26. The molecule has 0 saturated carbocycles. The summed E-state index contributed by atoms with van der Waals surface area (Å²) in [6.07, 6.45) is 0. The van der Waals surface area contributed by atoms with E-state index in [9.17, 15) is 4.79 Å². The van der Waals surface area contributed by atoms with E-state index in [2.05, 4.69) is 0 Å².